The van der Waals surface area contributed by atoms with Gasteiger partial charge in [-0.3, -0.25) is 25.1 Å². The van der Waals surface area contributed by atoms with E-state index in [0.29, 0.717) is 5.56 Å². The molecule has 2 amide bonds. The number of hydrogen-bond acceptors (Lipinski definition) is 7. The number of thioether (sulfide) groups is 1. The number of carbonyl (C=O) groups excluding carboxylic acids is 2. The topological polar surface area (TPSA) is 113 Å². The van der Waals surface area contributed by atoms with Crippen LogP contribution in [0.2, 0.25) is 0 Å². The van der Waals surface area contributed by atoms with Gasteiger partial charge in [-0.05, 0) is 42.1 Å². The molecule has 0 aliphatic carbocycles. The lowest BCUT2D eigenvalue weighted by molar-refractivity contribution is -0.384. The molecule has 27 heavy (non-hydrogen) atoms. The van der Waals surface area contributed by atoms with E-state index in [9.17, 15) is 24.8 Å². The van der Waals surface area contributed by atoms with Gasteiger partial charge in [-0.2, -0.15) is 5.01 Å². The number of carbonyl (C=O) groups is 2. The van der Waals surface area contributed by atoms with Gasteiger partial charge in [-0.15, -0.1) is 0 Å². The summed E-state index contributed by atoms with van der Waals surface area (Å²) in [7, 11) is 0. The molecule has 0 saturated carbocycles. The Hall–Kier alpha value is -3.24. The molecule has 1 aliphatic rings. The predicted molar refractivity (Wildman–Crippen MR) is 104 cm³/mol. The molecule has 0 unspecified atom stereocenters. The van der Waals surface area contributed by atoms with Crippen LogP contribution in [0.3, 0.4) is 0 Å². The molecule has 8 nitrogen and oxygen atoms in total. The van der Waals surface area contributed by atoms with Crippen LogP contribution in [0.5, 0.6) is 5.75 Å². The third kappa shape index (κ3) is 4.13. The van der Waals surface area contributed by atoms with Crippen LogP contribution in [0.4, 0.5) is 5.69 Å². The first-order valence-corrected chi connectivity index (χ1v) is 8.70. The zero-order chi connectivity index (χ0) is 19.6. The Bertz CT molecular complexity index is 1010. The first kappa shape index (κ1) is 18.5. The summed E-state index contributed by atoms with van der Waals surface area (Å²) in [5.41, 5.74) is 2.91. The summed E-state index contributed by atoms with van der Waals surface area (Å²) in [6.45, 7) is 0. The normalized spacial score (nSPS) is 15.3. The van der Waals surface area contributed by atoms with Crippen LogP contribution in [0, 0.1) is 10.1 Å². The molecule has 0 bridgehead atoms. The average molecular weight is 401 g/mol. The summed E-state index contributed by atoms with van der Waals surface area (Å²) < 4.78 is 0.116. The molecule has 3 rings (SSSR count). The number of non-ortho nitro benzene ring substituents is 1. The predicted octanol–water partition coefficient (Wildman–Crippen LogP) is 2.85. The van der Waals surface area contributed by atoms with Gasteiger partial charge >= 0.3 is 0 Å². The molecular weight excluding hydrogens is 390 g/mol. The van der Waals surface area contributed by atoms with E-state index < -0.39 is 16.7 Å². The first-order valence-electron chi connectivity index (χ1n) is 7.47. The zero-order valence-electron chi connectivity index (χ0n) is 13.5. The van der Waals surface area contributed by atoms with E-state index in [0.717, 1.165) is 16.8 Å². The number of nitro benzene ring substituents is 1. The van der Waals surface area contributed by atoms with E-state index in [-0.39, 0.29) is 26.2 Å². The molecule has 0 spiro atoms. The highest BCUT2D eigenvalue weighted by molar-refractivity contribution is 8.26. The number of benzene rings is 2. The Balaban J connectivity index is 1.80. The lowest BCUT2D eigenvalue weighted by Crippen LogP contribution is -2.44. The maximum absolute atomic E-state index is 12.5. The molecule has 2 aromatic carbocycles. The quantitative estimate of drug-likeness (QED) is 0.350. The fraction of sp³-hybridized carbons (Fsp3) is 0. The maximum atomic E-state index is 12.5. The minimum absolute atomic E-state index is 0.0846. The maximum Gasteiger partial charge on any atom is 0.285 e. The van der Waals surface area contributed by atoms with Crippen molar-refractivity contribution < 1.29 is 19.6 Å². The second kappa shape index (κ2) is 7.56. The highest BCUT2D eigenvalue weighted by Crippen LogP contribution is 2.32. The summed E-state index contributed by atoms with van der Waals surface area (Å²) in [5, 5.41) is 21.2. The lowest BCUT2D eigenvalue weighted by Gasteiger charge is -2.15. The summed E-state index contributed by atoms with van der Waals surface area (Å²) in [4.78, 5) is 35.3. The molecule has 1 saturated heterocycles. The molecule has 2 N–H and O–H groups in total. The highest BCUT2D eigenvalue weighted by atomic mass is 32.2. The van der Waals surface area contributed by atoms with Gasteiger partial charge in [-0.1, -0.05) is 30.0 Å². The van der Waals surface area contributed by atoms with E-state index in [1.165, 1.54) is 48.5 Å². The highest BCUT2D eigenvalue weighted by Gasteiger charge is 2.33. The van der Waals surface area contributed by atoms with Crippen molar-refractivity contribution in [2.24, 2.45) is 0 Å². The van der Waals surface area contributed by atoms with Crippen molar-refractivity contribution in [1.29, 1.82) is 0 Å². The number of amides is 2. The fourth-order valence-corrected chi connectivity index (χ4v) is 3.44. The molecule has 0 aromatic heterocycles. The minimum atomic E-state index is -0.612. The largest absolute Gasteiger partial charge is 0.508 e. The number of phenolic OH excluding ortho intramolecular Hbond substituents is 1. The van der Waals surface area contributed by atoms with Gasteiger partial charge in [0.05, 0.1) is 9.83 Å². The third-order valence-corrected chi connectivity index (χ3v) is 4.80. The van der Waals surface area contributed by atoms with E-state index in [1.54, 1.807) is 6.07 Å². The van der Waals surface area contributed by atoms with Crippen LogP contribution < -0.4 is 5.43 Å². The van der Waals surface area contributed by atoms with Crippen molar-refractivity contribution >= 4 is 51.9 Å². The standard InChI is InChI=1S/C17H11N3O5S2/c21-13-6-2-4-11(9-13)15(22)18-19-16(23)14(27-17(19)26)8-10-3-1-5-12(7-10)20(24)25/h1-9,21H,(H,18,22)/b14-8-. The van der Waals surface area contributed by atoms with Gasteiger partial charge in [-0.25, -0.2) is 0 Å². The SMILES string of the molecule is O=C(NN1C(=O)/C(=C/c2cccc([N+](=O)[O-])c2)SC1=S)c1cccc(O)c1. The van der Waals surface area contributed by atoms with Gasteiger partial charge < -0.3 is 5.11 Å². The monoisotopic (exact) mass is 401 g/mol. The Morgan fingerprint density at radius 2 is 2.00 bits per heavy atom. The second-order valence-corrected chi connectivity index (χ2v) is 7.04. The Kier molecular flexibility index (Phi) is 5.19. The smallest absolute Gasteiger partial charge is 0.285 e. The van der Waals surface area contributed by atoms with Gasteiger partial charge in [0.1, 0.15) is 5.75 Å². The number of nitrogens with one attached hydrogen (secondary N) is 1. The lowest BCUT2D eigenvalue weighted by atomic mass is 10.2. The van der Waals surface area contributed by atoms with E-state index in [4.69, 9.17) is 12.2 Å². The van der Waals surface area contributed by atoms with Crippen LogP contribution in [0.25, 0.3) is 6.08 Å². The van der Waals surface area contributed by atoms with Crippen LogP contribution in [0.15, 0.2) is 53.4 Å². The number of nitro groups is 1. The molecule has 1 heterocycles. The number of rotatable bonds is 4. The fourth-order valence-electron chi connectivity index (χ4n) is 2.26. The van der Waals surface area contributed by atoms with Gasteiger partial charge in [0, 0.05) is 17.7 Å². The number of hydrogen-bond donors (Lipinski definition) is 2. The van der Waals surface area contributed by atoms with Crippen LogP contribution in [0.1, 0.15) is 15.9 Å². The Labute approximate surface area is 162 Å². The van der Waals surface area contributed by atoms with Crippen molar-refractivity contribution in [2.75, 3.05) is 0 Å². The number of thiocarbonyl (C=S) groups is 1. The molecule has 136 valence electrons. The van der Waals surface area contributed by atoms with Crippen molar-refractivity contribution in [3.8, 4) is 5.75 Å². The molecule has 10 heteroatoms. The molecular formula is C17H11N3O5S2. The zero-order valence-corrected chi connectivity index (χ0v) is 15.1. The van der Waals surface area contributed by atoms with Crippen molar-refractivity contribution in [3.05, 3.63) is 74.7 Å². The number of phenols is 1. The molecule has 1 aliphatic heterocycles. The van der Waals surface area contributed by atoms with Crippen molar-refractivity contribution in [2.45, 2.75) is 0 Å². The van der Waals surface area contributed by atoms with Crippen LogP contribution in [-0.2, 0) is 4.79 Å². The van der Waals surface area contributed by atoms with E-state index >= 15 is 0 Å². The van der Waals surface area contributed by atoms with Crippen LogP contribution >= 0.6 is 24.0 Å². The number of aromatic hydroxyl groups is 1. The molecule has 1 fully saturated rings. The number of nitrogens with zero attached hydrogens (tertiary/aromatic N) is 2. The van der Waals surface area contributed by atoms with Crippen molar-refractivity contribution in [3.63, 3.8) is 0 Å². The summed E-state index contributed by atoms with van der Waals surface area (Å²) in [6.07, 6.45) is 1.47. The van der Waals surface area contributed by atoms with Gasteiger partial charge in [0.15, 0.2) is 4.32 Å². The molecule has 0 atom stereocenters. The molecule has 2 aromatic rings. The summed E-state index contributed by atoms with van der Waals surface area (Å²) in [5.74, 6) is -1.25. The van der Waals surface area contributed by atoms with Gasteiger partial charge in [0.25, 0.3) is 17.5 Å². The number of hydrazine groups is 1. The van der Waals surface area contributed by atoms with Crippen molar-refractivity contribution in [1.82, 2.24) is 10.4 Å². The second-order valence-electron chi connectivity index (χ2n) is 5.36. The van der Waals surface area contributed by atoms with Crippen LogP contribution in [-0.4, -0.2) is 31.2 Å². The van der Waals surface area contributed by atoms with E-state index in [1.807, 2.05) is 0 Å². The minimum Gasteiger partial charge on any atom is -0.508 e. The Morgan fingerprint density at radius 3 is 2.70 bits per heavy atom. The third-order valence-electron chi connectivity index (χ3n) is 3.49. The Morgan fingerprint density at radius 1 is 1.26 bits per heavy atom. The summed E-state index contributed by atoms with van der Waals surface area (Å²) >= 11 is 6.09. The summed E-state index contributed by atoms with van der Waals surface area (Å²) in [6, 6.07) is 11.4. The van der Waals surface area contributed by atoms with Gasteiger partial charge in [0.2, 0.25) is 0 Å². The molecule has 0 radical (unpaired) electrons. The van der Waals surface area contributed by atoms with E-state index in [2.05, 4.69) is 5.43 Å². The first-order chi connectivity index (χ1) is 12.8. The average Bonchev–Trinajstić information content (AvgIpc) is 2.89.